The highest BCUT2D eigenvalue weighted by Gasteiger charge is 2.29. The van der Waals surface area contributed by atoms with Crippen molar-refractivity contribution in [3.05, 3.63) is 83.4 Å². The van der Waals surface area contributed by atoms with Crippen molar-refractivity contribution in [1.29, 1.82) is 0 Å². The molecule has 1 aliphatic rings. The molecule has 1 fully saturated rings. The number of hydrogen-bond donors (Lipinski definition) is 1. The van der Waals surface area contributed by atoms with Gasteiger partial charge in [-0.15, -0.1) is 15.3 Å². The molecule has 1 N–H and O–H groups in total. The fourth-order valence-corrected chi connectivity index (χ4v) is 3.17. The van der Waals surface area contributed by atoms with E-state index in [1.807, 2.05) is 40.9 Å². The van der Waals surface area contributed by atoms with Crippen LogP contribution in [0, 0.1) is 5.82 Å². The van der Waals surface area contributed by atoms with Crippen LogP contribution >= 0.6 is 0 Å². The van der Waals surface area contributed by atoms with Crippen molar-refractivity contribution >= 4 is 11.5 Å². The summed E-state index contributed by atoms with van der Waals surface area (Å²) in [5.41, 5.74) is 2.41. The van der Waals surface area contributed by atoms with Crippen molar-refractivity contribution in [2.75, 3.05) is 5.32 Å². The third kappa shape index (κ3) is 3.89. The SMILES string of the molecule is Fc1ccccc1COc1ccc(CNc2ccc3nnc(C4CC4)n3n2)cc1. The van der Waals surface area contributed by atoms with Crippen molar-refractivity contribution in [3.8, 4) is 5.75 Å². The number of halogens is 1. The quantitative estimate of drug-likeness (QED) is 0.510. The second kappa shape index (κ2) is 7.50. The number of nitrogens with zero attached hydrogens (tertiary/aromatic N) is 4. The van der Waals surface area contributed by atoms with Crippen LogP contribution in [0.5, 0.6) is 5.75 Å². The van der Waals surface area contributed by atoms with Gasteiger partial charge in [0.15, 0.2) is 11.5 Å². The molecule has 146 valence electrons. The van der Waals surface area contributed by atoms with Gasteiger partial charge in [-0.25, -0.2) is 4.39 Å². The number of hydrogen-bond acceptors (Lipinski definition) is 5. The summed E-state index contributed by atoms with van der Waals surface area (Å²) in [7, 11) is 0. The van der Waals surface area contributed by atoms with E-state index in [4.69, 9.17) is 4.74 Å². The molecule has 0 aliphatic heterocycles. The monoisotopic (exact) mass is 389 g/mol. The van der Waals surface area contributed by atoms with Crippen molar-refractivity contribution in [1.82, 2.24) is 19.8 Å². The Balaban J connectivity index is 1.21. The molecule has 7 heteroatoms. The maximum atomic E-state index is 13.7. The van der Waals surface area contributed by atoms with E-state index in [1.54, 1.807) is 18.2 Å². The van der Waals surface area contributed by atoms with Gasteiger partial charge in [-0.3, -0.25) is 0 Å². The summed E-state index contributed by atoms with van der Waals surface area (Å²) >= 11 is 0. The number of aromatic nitrogens is 4. The molecular formula is C22H20FN5O. The summed E-state index contributed by atoms with van der Waals surface area (Å²) in [6, 6.07) is 18.2. The second-order valence-electron chi connectivity index (χ2n) is 7.20. The number of ether oxygens (including phenoxy) is 1. The second-order valence-corrected chi connectivity index (χ2v) is 7.20. The molecule has 0 saturated heterocycles. The zero-order chi connectivity index (χ0) is 19.6. The van der Waals surface area contributed by atoms with Gasteiger partial charge in [0, 0.05) is 18.0 Å². The summed E-state index contributed by atoms with van der Waals surface area (Å²) in [4.78, 5) is 0. The van der Waals surface area contributed by atoms with E-state index in [0.29, 0.717) is 23.8 Å². The predicted molar refractivity (Wildman–Crippen MR) is 107 cm³/mol. The maximum absolute atomic E-state index is 13.7. The van der Waals surface area contributed by atoms with Crippen LogP contribution < -0.4 is 10.1 Å². The van der Waals surface area contributed by atoms with E-state index in [-0.39, 0.29) is 12.4 Å². The van der Waals surface area contributed by atoms with Gasteiger partial charge in [0.1, 0.15) is 24.0 Å². The molecule has 0 unspecified atom stereocenters. The summed E-state index contributed by atoms with van der Waals surface area (Å²) in [5.74, 6) is 2.66. The van der Waals surface area contributed by atoms with Gasteiger partial charge in [-0.05, 0) is 48.7 Å². The van der Waals surface area contributed by atoms with E-state index in [1.165, 1.54) is 6.07 Å². The van der Waals surface area contributed by atoms with Crippen molar-refractivity contribution in [2.45, 2.75) is 31.9 Å². The molecule has 0 bridgehead atoms. The molecule has 4 aromatic rings. The summed E-state index contributed by atoms with van der Waals surface area (Å²) in [6.07, 6.45) is 2.32. The lowest BCUT2D eigenvalue weighted by molar-refractivity contribution is 0.300. The molecule has 1 saturated carbocycles. The number of anilines is 1. The smallest absolute Gasteiger partial charge is 0.178 e. The van der Waals surface area contributed by atoms with Gasteiger partial charge in [0.05, 0.1) is 0 Å². The number of benzene rings is 2. The molecule has 0 radical (unpaired) electrons. The van der Waals surface area contributed by atoms with E-state index < -0.39 is 0 Å². The fourth-order valence-electron chi connectivity index (χ4n) is 3.17. The lowest BCUT2D eigenvalue weighted by atomic mass is 10.2. The number of nitrogens with one attached hydrogen (secondary N) is 1. The Kier molecular flexibility index (Phi) is 4.56. The van der Waals surface area contributed by atoms with Gasteiger partial charge >= 0.3 is 0 Å². The van der Waals surface area contributed by atoms with Crippen LogP contribution in [0.1, 0.15) is 35.7 Å². The Bertz CT molecular complexity index is 1140. The fraction of sp³-hybridized carbons (Fsp3) is 0.227. The predicted octanol–water partition coefficient (Wildman–Crippen LogP) is 4.33. The van der Waals surface area contributed by atoms with Gasteiger partial charge < -0.3 is 10.1 Å². The molecule has 29 heavy (non-hydrogen) atoms. The van der Waals surface area contributed by atoms with Crippen LogP contribution in [0.4, 0.5) is 10.2 Å². The molecule has 0 amide bonds. The lowest BCUT2D eigenvalue weighted by Gasteiger charge is -2.09. The minimum atomic E-state index is -0.254. The highest BCUT2D eigenvalue weighted by atomic mass is 19.1. The summed E-state index contributed by atoms with van der Waals surface area (Å²) in [5, 5.41) is 16.4. The number of rotatable bonds is 7. The van der Waals surface area contributed by atoms with Crippen molar-refractivity contribution in [3.63, 3.8) is 0 Å². The van der Waals surface area contributed by atoms with E-state index in [9.17, 15) is 4.39 Å². The largest absolute Gasteiger partial charge is 0.489 e. The minimum absolute atomic E-state index is 0.205. The normalized spacial score (nSPS) is 13.6. The van der Waals surface area contributed by atoms with Crippen LogP contribution in [-0.4, -0.2) is 19.8 Å². The van der Waals surface area contributed by atoms with Crippen LogP contribution in [0.15, 0.2) is 60.7 Å². The van der Waals surface area contributed by atoms with Crippen LogP contribution in [0.3, 0.4) is 0 Å². The van der Waals surface area contributed by atoms with Gasteiger partial charge in [0.2, 0.25) is 0 Å². The van der Waals surface area contributed by atoms with Gasteiger partial charge in [-0.1, -0.05) is 30.3 Å². The summed E-state index contributed by atoms with van der Waals surface area (Å²) in [6.45, 7) is 0.837. The third-order valence-electron chi connectivity index (χ3n) is 4.98. The van der Waals surface area contributed by atoms with E-state index in [0.717, 1.165) is 35.7 Å². The van der Waals surface area contributed by atoms with Crippen molar-refractivity contribution in [2.24, 2.45) is 0 Å². The number of fused-ring (bicyclic) bond motifs is 1. The first kappa shape index (κ1) is 17.6. The highest BCUT2D eigenvalue weighted by molar-refractivity contribution is 5.45. The standard InChI is InChI=1S/C22H20FN5O/c23-19-4-2-1-3-17(19)14-29-18-9-5-15(6-10-18)13-24-20-11-12-21-25-26-22(16-7-8-16)28(21)27-20/h1-6,9-12,16H,7-8,13-14H2,(H,24,27). The third-order valence-corrected chi connectivity index (χ3v) is 4.98. The lowest BCUT2D eigenvalue weighted by Crippen LogP contribution is -2.05. The van der Waals surface area contributed by atoms with Gasteiger partial charge in [-0.2, -0.15) is 4.52 Å². The molecule has 2 aromatic carbocycles. The molecule has 2 heterocycles. The average Bonchev–Trinajstić information content (AvgIpc) is 3.51. The Hall–Kier alpha value is -3.48. The molecule has 2 aromatic heterocycles. The van der Waals surface area contributed by atoms with E-state index >= 15 is 0 Å². The first-order chi connectivity index (χ1) is 14.3. The molecule has 6 nitrogen and oxygen atoms in total. The van der Waals surface area contributed by atoms with Gasteiger partial charge in [0.25, 0.3) is 0 Å². The zero-order valence-corrected chi connectivity index (χ0v) is 15.8. The van der Waals surface area contributed by atoms with Crippen LogP contribution in [-0.2, 0) is 13.2 Å². The molecule has 5 rings (SSSR count). The Morgan fingerprint density at radius 2 is 1.83 bits per heavy atom. The summed E-state index contributed by atoms with van der Waals surface area (Å²) < 4.78 is 21.2. The molecule has 0 spiro atoms. The Morgan fingerprint density at radius 1 is 1.00 bits per heavy atom. The maximum Gasteiger partial charge on any atom is 0.178 e. The minimum Gasteiger partial charge on any atom is -0.489 e. The zero-order valence-electron chi connectivity index (χ0n) is 15.8. The average molecular weight is 389 g/mol. The molecule has 0 atom stereocenters. The first-order valence-corrected chi connectivity index (χ1v) is 9.68. The Morgan fingerprint density at radius 3 is 2.62 bits per heavy atom. The highest BCUT2D eigenvalue weighted by Crippen LogP contribution is 2.38. The Labute approximate surface area is 167 Å². The van der Waals surface area contributed by atoms with Crippen molar-refractivity contribution < 1.29 is 9.13 Å². The van der Waals surface area contributed by atoms with E-state index in [2.05, 4.69) is 20.6 Å². The van der Waals surface area contributed by atoms with Crippen LogP contribution in [0.25, 0.3) is 5.65 Å². The molecular weight excluding hydrogens is 369 g/mol. The molecule has 1 aliphatic carbocycles. The first-order valence-electron chi connectivity index (χ1n) is 9.68. The topological polar surface area (TPSA) is 64.3 Å². The van der Waals surface area contributed by atoms with Crippen LogP contribution in [0.2, 0.25) is 0 Å².